The van der Waals surface area contributed by atoms with Crippen LogP contribution in [0.25, 0.3) is 0 Å². The molecule has 0 bridgehead atoms. The predicted octanol–water partition coefficient (Wildman–Crippen LogP) is 2.55. The normalized spacial score (nSPS) is 28.3. The van der Waals surface area contributed by atoms with Crippen LogP contribution in [0, 0.1) is 11.3 Å². The fraction of sp³-hybridized carbons (Fsp3) is 0.769. The van der Waals surface area contributed by atoms with Crippen LogP contribution in [0.2, 0.25) is 0 Å². The summed E-state index contributed by atoms with van der Waals surface area (Å²) < 4.78 is 13.0. The van der Waals surface area contributed by atoms with Gasteiger partial charge in [0.2, 0.25) is 5.91 Å². The number of hydrogen-bond donors (Lipinski definition) is 0. The summed E-state index contributed by atoms with van der Waals surface area (Å²) in [7, 11) is 0. The van der Waals surface area contributed by atoms with Crippen molar-refractivity contribution in [3.8, 4) is 0 Å². The Bertz CT molecular complexity index is 314. The van der Waals surface area contributed by atoms with E-state index in [9.17, 15) is 9.18 Å². The van der Waals surface area contributed by atoms with Crippen molar-refractivity contribution in [2.24, 2.45) is 11.3 Å². The zero-order chi connectivity index (χ0) is 11.8. The molecule has 0 aromatic heterocycles. The van der Waals surface area contributed by atoms with Gasteiger partial charge in [0.05, 0.1) is 5.41 Å². The summed E-state index contributed by atoms with van der Waals surface area (Å²) in [6.45, 7) is 5.09. The summed E-state index contributed by atoms with van der Waals surface area (Å²) >= 11 is 0. The molecule has 0 spiro atoms. The van der Waals surface area contributed by atoms with Gasteiger partial charge < -0.3 is 4.90 Å². The SMILES string of the molecule is CC1=CC(C)CN(C(=O)C2(CF)CCC2)C1. The first kappa shape index (κ1) is 11.6. The molecule has 1 fully saturated rings. The second-order valence-electron chi connectivity index (χ2n) is 5.44. The molecule has 1 saturated carbocycles. The topological polar surface area (TPSA) is 20.3 Å². The molecule has 90 valence electrons. The average Bonchev–Trinajstić information content (AvgIpc) is 2.15. The first-order valence-electron chi connectivity index (χ1n) is 6.10. The third kappa shape index (κ3) is 1.87. The van der Waals surface area contributed by atoms with Gasteiger partial charge in [0.25, 0.3) is 0 Å². The number of hydrogen-bond acceptors (Lipinski definition) is 1. The van der Waals surface area contributed by atoms with E-state index in [1.165, 1.54) is 5.57 Å². The molecule has 1 unspecified atom stereocenters. The van der Waals surface area contributed by atoms with Crippen molar-refractivity contribution < 1.29 is 9.18 Å². The van der Waals surface area contributed by atoms with Crippen molar-refractivity contribution in [3.05, 3.63) is 11.6 Å². The highest BCUT2D eigenvalue weighted by molar-refractivity contribution is 5.84. The third-order valence-corrected chi connectivity index (χ3v) is 3.83. The van der Waals surface area contributed by atoms with Crippen LogP contribution in [0.4, 0.5) is 4.39 Å². The molecule has 0 aromatic rings. The van der Waals surface area contributed by atoms with Gasteiger partial charge in [-0.2, -0.15) is 0 Å². The van der Waals surface area contributed by atoms with Crippen molar-refractivity contribution in [2.45, 2.75) is 33.1 Å². The number of carbonyl (C=O) groups excluding carboxylic acids is 1. The van der Waals surface area contributed by atoms with Gasteiger partial charge in [0.1, 0.15) is 6.67 Å². The largest absolute Gasteiger partial charge is 0.338 e. The second kappa shape index (κ2) is 4.19. The minimum Gasteiger partial charge on any atom is -0.338 e. The van der Waals surface area contributed by atoms with E-state index in [0.717, 1.165) is 25.8 Å². The van der Waals surface area contributed by atoms with Gasteiger partial charge in [0, 0.05) is 13.1 Å². The first-order chi connectivity index (χ1) is 7.57. The minimum absolute atomic E-state index is 0.0422. The lowest BCUT2D eigenvalue weighted by molar-refractivity contribution is -0.149. The summed E-state index contributed by atoms with van der Waals surface area (Å²) in [6, 6.07) is 0. The van der Waals surface area contributed by atoms with Crippen LogP contribution in [-0.2, 0) is 4.79 Å². The monoisotopic (exact) mass is 225 g/mol. The lowest BCUT2D eigenvalue weighted by atomic mass is 9.68. The van der Waals surface area contributed by atoms with E-state index in [1.54, 1.807) is 0 Å². The molecule has 0 radical (unpaired) electrons. The molecule has 0 N–H and O–H groups in total. The van der Waals surface area contributed by atoms with Gasteiger partial charge in [-0.3, -0.25) is 4.79 Å². The number of alkyl halides is 1. The zero-order valence-electron chi connectivity index (χ0n) is 10.1. The number of carbonyl (C=O) groups is 1. The van der Waals surface area contributed by atoms with Crippen LogP contribution in [0.3, 0.4) is 0 Å². The summed E-state index contributed by atoms with van der Waals surface area (Å²) in [4.78, 5) is 14.1. The Balaban J connectivity index is 2.08. The Morgan fingerprint density at radius 1 is 1.62 bits per heavy atom. The fourth-order valence-electron chi connectivity index (χ4n) is 2.80. The molecule has 16 heavy (non-hydrogen) atoms. The highest BCUT2D eigenvalue weighted by Gasteiger charge is 2.46. The highest BCUT2D eigenvalue weighted by Crippen LogP contribution is 2.43. The van der Waals surface area contributed by atoms with Crippen LogP contribution in [0.5, 0.6) is 0 Å². The lowest BCUT2D eigenvalue weighted by Gasteiger charge is -2.43. The Morgan fingerprint density at radius 2 is 2.31 bits per heavy atom. The second-order valence-corrected chi connectivity index (χ2v) is 5.44. The maximum atomic E-state index is 13.0. The Hall–Kier alpha value is -0.860. The van der Waals surface area contributed by atoms with E-state index in [2.05, 4.69) is 13.0 Å². The zero-order valence-corrected chi connectivity index (χ0v) is 10.1. The molecule has 0 saturated heterocycles. The fourth-order valence-corrected chi connectivity index (χ4v) is 2.80. The predicted molar refractivity (Wildman–Crippen MR) is 61.8 cm³/mol. The van der Waals surface area contributed by atoms with Gasteiger partial charge >= 0.3 is 0 Å². The molecule has 2 nitrogen and oxygen atoms in total. The Labute approximate surface area is 96.5 Å². The van der Waals surface area contributed by atoms with Crippen LogP contribution >= 0.6 is 0 Å². The molecule has 3 heteroatoms. The van der Waals surface area contributed by atoms with Crippen molar-refractivity contribution in [3.63, 3.8) is 0 Å². The van der Waals surface area contributed by atoms with Gasteiger partial charge in [0.15, 0.2) is 0 Å². The van der Waals surface area contributed by atoms with E-state index in [-0.39, 0.29) is 5.91 Å². The molecule has 1 amide bonds. The van der Waals surface area contributed by atoms with Crippen LogP contribution in [-0.4, -0.2) is 30.6 Å². The molecule has 0 aromatic carbocycles. The maximum Gasteiger partial charge on any atom is 0.231 e. The van der Waals surface area contributed by atoms with Crippen molar-refractivity contribution in [2.75, 3.05) is 19.8 Å². The number of rotatable bonds is 2. The molecule has 1 aliphatic heterocycles. The summed E-state index contributed by atoms with van der Waals surface area (Å²) in [5.41, 5.74) is 0.567. The van der Waals surface area contributed by atoms with Crippen LogP contribution in [0.15, 0.2) is 11.6 Å². The maximum absolute atomic E-state index is 13.0. The minimum atomic E-state index is -0.655. The van der Waals surface area contributed by atoms with E-state index in [1.807, 2.05) is 11.8 Å². The van der Waals surface area contributed by atoms with Gasteiger partial charge in [-0.15, -0.1) is 0 Å². The Morgan fingerprint density at radius 3 is 2.75 bits per heavy atom. The van der Waals surface area contributed by atoms with Crippen molar-refractivity contribution in [1.82, 2.24) is 4.90 Å². The van der Waals surface area contributed by atoms with E-state index >= 15 is 0 Å². The number of nitrogens with zero attached hydrogens (tertiary/aromatic N) is 1. The summed E-state index contributed by atoms with van der Waals surface area (Å²) in [5, 5.41) is 0. The molecule has 2 aliphatic rings. The van der Waals surface area contributed by atoms with Gasteiger partial charge in [-0.05, 0) is 25.7 Å². The first-order valence-corrected chi connectivity index (χ1v) is 6.10. The van der Waals surface area contributed by atoms with Crippen molar-refractivity contribution >= 4 is 5.91 Å². The van der Waals surface area contributed by atoms with Crippen molar-refractivity contribution in [1.29, 1.82) is 0 Å². The smallest absolute Gasteiger partial charge is 0.231 e. The molecule has 1 heterocycles. The van der Waals surface area contributed by atoms with E-state index < -0.39 is 12.1 Å². The molecule has 1 atom stereocenters. The average molecular weight is 225 g/mol. The van der Waals surface area contributed by atoms with Gasteiger partial charge in [-0.25, -0.2) is 4.39 Å². The number of amides is 1. The quantitative estimate of drug-likeness (QED) is 0.661. The summed E-state index contributed by atoms with van der Waals surface area (Å²) in [5.74, 6) is 0.440. The molecular formula is C13H20FNO. The summed E-state index contributed by atoms with van der Waals surface area (Å²) in [6.07, 6.45) is 4.66. The molecular weight excluding hydrogens is 205 g/mol. The Kier molecular flexibility index (Phi) is 3.04. The standard InChI is InChI=1S/C13H20FNO/c1-10-6-11(2)8-15(7-10)12(16)13(9-14)4-3-5-13/h6,10H,3-5,7-9H2,1-2H3. The third-order valence-electron chi connectivity index (χ3n) is 3.83. The van der Waals surface area contributed by atoms with E-state index in [0.29, 0.717) is 12.5 Å². The van der Waals surface area contributed by atoms with Crippen LogP contribution < -0.4 is 0 Å². The van der Waals surface area contributed by atoms with Gasteiger partial charge in [-0.1, -0.05) is 25.0 Å². The highest BCUT2D eigenvalue weighted by atomic mass is 19.1. The molecule has 1 aliphatic carbocycles. The lowest BCUT2D eigenvalue weighted by Crippen LogP contribution is -2.51. The van der Waals surface area contributed by atoms with Crippen LogP contribution in [0.1, 0.15) is 33.1 Å². The number of halogens is 1. The van der Waals surface area contributed by atoms with E-state index in [4.69, 9.17) is 0 Å². The molecule has 2 rings (SSSR count).